The van der Waals surface area contributed by atoms with Crippen LogP contribution in [-0.2, 0) is 15.9 Å². The van der Waals surface area contributed by atoms with Crippen LogP contribution in [0.4, 0.5) is 10.1 Å². The van der Waals surface area contributed by atoms with Crippen LogP contribution in [0.15, 0.2) is 66.7 Å². The van der Waals surface area contributed by atoms with Crippen LogP contribution < -0.4 is 5.32 Å². The van der Waals surface area contributed by atoms with E-state index in [0.717, 1.165) is 0 Å². The molecule has 156 valence electrons. The lowest BCUT2D eigenvalue weighted by atomic mass is 9.93. The number of anilines is 1. The molecule has 0 fully saturated rings. The second-order valence-electron chi connectivity index (χ2n) is 7.05. The second kappa shape index (κ2) is 8.39. The molecule has 1 amide bonds. The van der Waals surface area contributed by atoms with Crippen LogP contribution in [0.25, 0.3) is 0 Å². The lowest BCUT2D eigenvalue weighted by Gasteiger charge is -2.25. The number of methoxy groups -OCH3 is 1. The molecule has 1 heterocycles. The molecular weight excluding hydrogens is 401 g/mol. The van der Waals surface area contributed by atoms with E-state index in [1.807, 2.05) is 0 Å². The Morgan fingerprint density at radius 2 is 1.81 bits per heavy atom. The number of rotatable bonds is 4. The molecule has 0 spiro atoms. The minimum atomic E-state index is -0.560. The zero-order valence-electron chi connectivity index (χ0n) is 16.6. The predicted octanol–water partition coefficient (Wildman–Crippen LogP) is 4.32. The van der Waals surface area contributed by atoms with Crippen molar-refractivity contribution in [2.75, 3.05) is 12.4 Å². The number of halogens is 1. The largest absolute Gasteiger partial charge is 0.465 e. The Labute approximate surface area is 177 Å². The van der Waals surface area contributed by atoms with E-state index >= 15 is 0 Å². The quantitative estimate of drug-likeness (QED) is 0.637. The average molecular weight is 419 g/mol. The van der Waals surface area contributed by atoms with E-state index in [1.165, 1.54) is 31.4 Å². The van der Waals surface area contributed by atoms with E-state index in [0.29, 0.717) is 39.9 Å². The fraction of sp³-hybridized carbons (Fsp3) is 0.125. The van der Waals surface area contributed by atoms with E-state index < -0.39 is 18.0 Å². The third-order valence-corrected chi connectivity index (χ3v) is 5.03. The Morgan fingerprint density at radius 1 is 1.03 bits per heavy atom. The summed E-state index contributed by atoms with van der Waals surface area (Å²) < 4.78 is 23.4. The first-order valence-electron chi connectivity index (χ1n) is 9.53. The highest BCUT2D eigenvalue weighted by molar-refractivity contribution is 6.06. The maximum absolute atomic E-state index is 13.2. The Kier molecular flexibility index (Phi) is 5.49. The summed E-state index contributed by atoms with van der Waals surface area (Å²) in [6.45, 7) is 0. The second-order valence-corrected chi connectivity index (χ2v) is 7.05. The van der Waals surface area contributed by atoms with Crippen LogP contribution in [0.5, 0.6) is 0 Å². The Morgan fingerprint density at radius 3 is 2.55 bits per heavy atom. The minimum Gasteiger partial charge on any atom is -0.465 e. The lowest BCUT2D eigenvalue weighted by Crippen LogP contribution is -2.23. The molecule has 3 aromatic carbocycles. The van der Waals surface area contributed by atoms with Crippen LogP contribution in [0, 0.1) is 5.82 Å². The fourth-order valence-electron chi connectivity index (χ4n) is 3.45. The smallest absolute Gasteiger partial charge is 0.339 e. The number of carbonyl (C=O) groups is 3. The van der Waals surface area contributed by atoms with Gasteiger partial charge in [-0.15, -0.1) is 0 Å². The Bertz CT molecular complexity index is 1170. The van der Waals surface area contributed by atoms with Gasteiger partial charge in [0.25, 0.3) is 5.91 Å². The highest BCUT2D eigenvalue weighted by atomic mass is 19.1. The van der Waals surface area contributed by atoms with Gasteiger partial charge in [0.15, 0.2) is 0 Å². The number of benzene rings is 3. The van der Waals surface area contributed by atoms with Crippen molar-refractivity contribution in [3.63, 3.8) is 0 Å². The molecule has 1 N–H and O–H groups in total. The number of carbonyl (C=O) groups excluding carboxylic acids is 3. The maximum atomic E-state index is 13.2. The summed E-state index contributed by atoms with van der Waals surface area (Å²) in [7, 11) is 1.28. The van der Waals surface area contributed by atoms with Crippen LogP contribution in [0.3, 0.4) is 0 Å². The molecule has 0 radical (unpaired) electrons. The summed E-state index contributed by atoms with van der Waals surface area (Å²) in [5.41, 5.74) is 2.85. The van der Waals surface area contributed by atoms with Crippen molar-refractivity contribution in [2.24, 2.45) is 0 Å². The number of esters is 2. The number of nitrogens with one attached hydrogen (secondary N) is 1. The molecule has 0 aromatic heterocycles. The van der Waals surface area contributed by atoms with E-state index in [2.05, 4.69) is 10.1 Å². The molecule has 0 unspecified atom stereocenters. The van der Waals surface area contributed by atoms with Gasteiger partial charge in [-0.25, -0.2) is 14.0 Å². The first-order valence-corrected chi connectivity index (χ1v) is 9.53. The van der Waals surface area contributed by atoms with Crippen LogP contribution in [-0.4, -0.2) is 25.0 Å². The fourth-order valence-corrected chi connectivity index (χ4v) is 3.45. The van der Waals surface area contributed by atoms with Crippen LogP contribution >= 0.6 is 0 Å². The molecule has 3 aromatic rings. The first kappa shape index (κ1) is 20.3. The summed E-state index contributed by atoms with van der Waals surface area (Å²) >= 11 is 0. The maximum Gasteiger partial charge on any atom is 0.339 e. The molecule has 6 nitrogen and oxygen atoms in total. The van der Waals surface area contributed by atoms with Gasteiger partial charge in [-0.2, -0.15) is 0 Å². The molecule has 4 rings (SSSR count). The number of hydrogen-bond acceptors (Lipinski definition) is 5. The van der Waals surface area contributed by atoms with Gasteiger partial charge in [-0.3, -0.25) is 4.79 Å². The Hall–Kier alpha value is -4.00. The molecule has 0 saturated heterocycles. The molecule has 0 saturated carbocycles. The van der Waals surface area contributed by atoms with Gasteiger partial charge < -0.3 is 14.8 Å². The predicted molar refractivity (Wildman–Crippen MR) is 110 cm³/mol. The van der Waals surface area contributed by atoms with E-state index in [4.69, 9.17) is 4.74 Å². The molecule has 1 aliphatic heterocycles. The molecule has 1 aliphatic rings. The van der Waals surface area contributed by atoms with E-state index in [9.17, 15) is 18.8 Å². The summed E-state index contributed by atoms with van der Waals surface area (Å²) in [6.07, 6.45) is -0.193. The average Bonchev–Trinajstić information content (AvgIpc) is 2.78. The van der Waals surface area contributed by atoms with Gasteiger partial charge in [0.05, 0.1) is 18.2 Å². The van der Waals surface area contributed by atoms with Gasteiger partial charge in [0.1, 0.15) is 11.9 Å². The van der Waals surface area contributed by atoms with Gasteiger partial charge in [0.2, 0.25) is 0 Å². The standard InChI is InChI=1S/C24H18FNO5/c1-30-23(28)16-3-2-4-19(12-16)26-22(27)15-7-10-20-17(11-15)13-21(31-24(20)29)14-5-8-18(25)9-6-14/h2-12,21H,13H2,1H3,(H,26,27)/t21-/m0/s1. The van der Waals surface area contributed by atoms with Crippen molar-refractivity contribution < 1.29 is 28.2 Å². The van der Waals surface area contributed by atoms with Gasteiger partial charge >= 0.3 is 11.9 Å². The van der Waals surface area contributed by atoms with Crippen LogP contribution in [0.2, 0.25) is 0 Å². The normalized spacial score (nSPS) is 14.9. The van der Waals surface area contributed by atoms with Crippen molar-refractivity contribution in [3.8, 4) is 0 Å². The zero-order chi connectivity index (χ0) is 22.0. The van der Waals surface area contributed by atoms with E-state index in [-0.39, 0.29) is 11.7 Å². The van der Waals surface area contributed by atoms with Crippen LogP contribution in [0.1, 0.15) is 48.3 Å². The lowest BCUT2D eigenvalue weighted by molar-refractivity contribution is 0.0252. The number of ether oxygens (including phenoxy) is 2. The topological polar surface area (TPSA) is 81.7 Å². The van der Waals surface area contributed by atoms with Crippen molar-refractivity contribution in [2.45, 2.75) is 12.5 Å². The number of amides is 1. The summed E-state index contributed by atoms with van der Waals surface area (Å²) in [6, 6.07) is 16.9. The summed E-state index contributed by atoms with van der Waals surface area (Å²) in [5, 5.41) is 2.74. The van der Waals surface area contributed by atoms with Gasteiger partial charge in [-0.1, -0.05) is 18.2 Å². The molecule has 0 bridgehead atoms. The number of fused-ring (bicyclic) bond motifs is 1. The van der Waals surface area contributed by atoms with Gasteiger partial charge in [0, 0.05) is 17.7 Å². The molecule has 1 atom stereocenters. The Balaban J connectivity index is 1.56. The van der Waals surface area contributed by atoms with Gasteiger partial charge in [-0.05, 0) is 59.7 Å². The SMILES string of the molecule is COC(=O)c1cccc(NC(=O)c2ccc3c(c2)C[C@@H](c2ccc(F)cc2)OC3=O)c1. The summed E-state index contributed by atoms with van der Waals surface area (Å²) in [4.78, 5) is 36.8. The highest BCUT2D eigenvalue weighted by Gasteiger charge is 2.28. The number of hydrogen-bond donors (Lipinski definition) is 1. The van der Waals surface area contributed by atoms with Crippen molar-refractivity contribution >= 4 is 23.5 Å². The van der Waals surface area contributed by atoms with Crippen molar-refractivity contribution in [3.05, 3.63) is 100 Å². The molecular formula is C24H18FNO5. The van der Waals surface area contributed by atoms with E-state index in [1.54, 1.807) is 42.5 Å². The number of cyclic esters (lactones) is 1. The van der Waals surface area contributed by atoms with Crippen molar-refractivity contribution in [1.82, 2.24) is 0 Å². The zero-order valence-corrected chi connectivity index (χ0v) is 16.6. The van der Waals surface area contributed by atoms with Crippen molar-refractivity contribution in [1.29, 1.82) is 0 Å². The first-order chi connectivity index (χ1) is 14.9. The molecule has 31 heavy (non-hydrogen) atoms. The highest BCUT2D eigenvalue weighted by Crippen LogP contribution is 2.31. The minimum absolute atomic E-state index is 0.315. The third-order valence-electron chi connectivity index (χ3n) is 5.03. The summed E-state index contributed by atoms with van der Waals surface area (Å²) in [5.74, 6) is -1.76. The molecule has 7 heteroatoms. The molecule has 0 aliphatic carbocycles. The third kappa shape index (κ3) is 4.30. The monoisotopic (exact) mass is 419 g/mol.